The molecule has 0 aromatic rings. The largest absolute Gasteiger partial charge is 0.354 e. The van der Waals surface area contributed by atoms with Crippen LogP contribution in [0.2, 0.25) is 0 Å². The zero-order chi connectivity index (χ0) is 14.6. The molecule has 2 fully saturated rings. The number of hydrogen-bond donors (Lipinski definition) is 2. The molecular formula is C15H30N4O. The highest BCUT2D eigenvalue weighted by Gasteiger charge is 2.43. The van der Waals surface area contributed by atoms with Gasteiger partial charge in [-0.2, -0.15) is 0 Å². The summed E-state index contributed by atoms with van der Waals surface area (Å²) in [6, 6.07) is 0. The second-order valence-electron chi connectivity index (χ2n) is 6.64. The predicted octanol–water partition coefficient (Wildman–Crippen LogP) is -0.0143. The van der Waals surface area contributed by atoms with Crippen molar-refractivity contribution in [2.45, 2.75) is 20.3 Å². The first-order valence-electron chi connectivity index (χ1n) is 7.94. The Morgan fingerprint density at radius 3 is 2.55 bits per heavy atom. The number of amides is 1. The van der Waals surface area contributed by atoms with Gasteiger partial charge in [-0.3, -0.25) is 9.69 Å². The average Bonchev–Trinajstić information content (AvgIpc) is 2.91. The molecule has 2 aliphatic heterocycles. The van der Waals surface area contributed by atoms with E-state index in [1.807, 2.05) is 0 Å². The molecule has 1 amide bonds. The van der Waals surface area contributed by atoms with Crippen LogP contribution in [-0.2, 0) is 4.79 Å². The van der Waals surface area contributed by atoms with E-state index in [4.69, 9.17) is 0 Å². The van der Waals surface area contributed by atoms with Crippen molar-refractivity contribution in [3.63, 3.8) is 0 Å². The van der Waals surface area contributed by atoms with Gasteiger partial charge in [-0.25, -0.2) is 0 Å². The number of likely N-dealkylation sites (N-methyl/N-ethyl adjacent to an activating group) is 1. The number of nitrogens with zero attached hydrogens (tertiary/aromatic N) is 2. The lowest BCUT2D eigenvalue weighted by atomic mass is 9.75. The zero-order valence-electron chi connectivity index (χ0n) is 13.2. The highest BCUT2D eigenvalue weighted by molar-refractivity contribution is 5.83. The molecule has 116 valence electrons. The Morgan fingerprint density at radius 1 is 1.30 bits per heavy atom. The van der Waals surface area contributed by atoms with Crippen molar-refractivity contribution < 1.29 is 4.79 Å². The fourth-order valence-electron chi connectivity index (χ4n) is 3.24. The van der Waals surface area contributed by atoms with Crippen molar-refractivity contribution in [2.24, 2.45) is 11.3 Å². The van der Waals surface area contributed by atoms with Crippen LogP contribution in [0.15, 0.2) is 0 Å². The summed E-state index contributed by atoms with van der Waals surface area (Å²) in [6.45, 7) is 12.3. The van der Waals surface area contributed by atoms with E-state index in [-0.39, 0.29) is 11.3 Å². The molecule has 1 unspecified atom stereocenters. The van der Waals surface area contributed by atoms with Gasteiger partial charge in [0.25, 0.3) is 0 Å². The standard InChI is InChI=1S/C15H30N4O/c1-13(2)15(4-5-16-12-15)14(20)17-6-7-19-10-8-18(3)9-11-19/h13,16H,4-12H2,1-3H3,(H,17,20). The Labute approximate surface area is 123 Å². The minimum Gasteiger partial charge on any atom is -0.354 e. The Morgan fingerprint density at radius 2 is 2.00 bits per heavy atom. The Kier molecular flexibility index (Phi) is 5.41. The molecule has 2 N–H and O–H groups in total. The summed E-state index contributed by atoms with van der Waals surface area (Å²) in [5.41, 5.74) is -0.192. The second kappa shape index (κ2) is 6.87. The third-order valence-corrected chi connectivity index (χ3v) is 5.06. The maximum atomic E-state index is 12.5. The van der Waals surface area contributed by atoms with E-state index >= 15 is 0 Å². The van der Waals surface area contributed by atoms with Crippen LogP contribution < -0.4 is 10.6 Å². The highest BCUT2D eigenvalue weighted by Crippen LogP contribution is 2.34. The van der Waals surface area contributed by atoms with Crippen molar-refractivity contribution >= 4 is 5.91 Å². The van der Waals surface area contributed by atoms with Crippen molar-refractivity contribution in [3.05, 3.63) is 0 Å². The number of rotatable bonds is 5. The summed E-state index contributed by atoms with van der Waals surface area (Å²) in [7, 11) is 2.17. The molecule has 20 heavy (non-hydrogen) atoms. The molecule has 2 rings (SSSR count). The molecule has 0 spiro atoms. The van der Waals surface area contributed by atoms with E-state index < -0.39 is 0 Å². The van der Waals surface area contributed by atoms with Gasteiger partial charge in [0, 0.05) is 45.8 Å². The van der Waals surface area contributed by atoms with Crippen molar-refractivity contribution in [3.8, 4) is 0 Å². The normalized spacial score (nSPS) is 29.0. The number of piperazine rings is 1. The third kappa shape index (κ3) is 3.51. The lowest BCUT2D eigenvalue weighted by molar-refractivity contribution is -0.132. The molecule has 2 saturated heterocycles. The Hall–Kier alpha value is -0.650. The van der Waals surface area contributed by atoms with E-state index in [0.717, 1.165) is 58.8 Å². The second-order valence-corrected chi connectivity index (χ2v) is 6.64. The molecule has 0 saturated carbocycles. The van der Waals surface area contributed by atoms with Crippen LogP contribution in [-0.4, -0.2) is 75.1 Å². The molecule has 5 heteroatoms. The van der Waals surface area contributed by atoms with Gasteiger partial charge in [0.15, 0.2) is 0 Å². The zero-order valence-corrected chi connectivity index (χ0v) is 13.2. The van der Waals surface area contributed by atoms with Crippen molar-refractivity contribution in [1.82, 2.24) is 20.4 Å². The fourth-order valence-corrected chi connectivity index (χ4v) is 3.24. The van der Waals surface area contributed by atoms with Crippen LogP contribution in [0.1, 0.15) is 20.3 Å². The summed E-state index contributed by atoms with van der Waals surface area (Å²) in [6.07, 6.45) is 0.963. The topological polar surface area (TPSA) is 47.6 Å². The highest BCUT2D eigenvalue weighted by atomic mass is 16.2. The molecule has 0 bridgehead atoms. The molecule has 1 atom stereocenters. The molecule has 0 aromatic heterocycles. The molecule has 0 radical (unpaired) electrons. The van der Waals surface area contributed by atoms with E-state index in [1.54, 1.807) is 0 Å². The maximum Gasteiger partial charge on any atom is 0.227 e. The molecule has 0 aromatic carbocycles. The monoisotopic (exact) mass is 282 g/mol. The average molecular weight is 282 g/mol. The summed E-state index contributed by atoms with van der Waals surface area (Å²) in [4.78, 5) is 17.3. The first kappa shape index (κ1) is 15.7. The first-order valence-corrected chi connectivity index (χ1v) is 7.94. The van der Waals surface area contributed by atoms with Gasteiger partial charge < -0.3 is 15.5 Å². The molecule has 2 heterocycles. The summed E-state index contributed by atoms with van der Waals surface area (Å²) >= 11 is 0. The number of carbonyl (C=O) groups is 1. The van der Waals surface area contributed by atoms with Crippen molar-refractivity contribution in [1.29, 1.82) is 0 Å². The lowest BCUT2D eigenvalue weighted by Gasteiger charge is -2.34. The minimum absolute atomic E-state index is 0.192. The van der Waals surface area contributed by atoms with Gasteiger partial charge in [0.1, 0.15) is 0 Å². The number of carbonyl (C=O) groups excluding carboxylic acids is 1. The van der Waals surface area contributed by atoms with Crippen LogP contribution in [0, 0.1) is 11.3 Å². The molecule has 5 nitrogen and oxygen atoms in total. The third-order valence-electron chi connectivity index (χ3n) is 5.06. The van der Waals surface area contributed by atoms with Crippen LogP contribution in [0.3, 0.4) is 0 Å². The SMILES string of the molecule is CC(C)C1(C(=O)NCCN2CCN(C)CC2)CCNC1. The minimum atomic E-state index is -0.192. The first-order chi connectivity index (χ1) is 9.54. The number of hydrogen-bond acceptors (Lipinski definition) is 4. The van der Waals surface area contributed by atoms with Gasteiger partial charge >= 0.3 is 0 Å². The van der Waals surface area contributed by atoms with Gasteiger partial charge in [0.05, 0.1) is 5.41 Å². The van der Waals surface area contributed by atoms with E-state index in [9.17, 15) is 4.79 Å². The van der Waals surface area contributed by atoms with Gasteiger partial charge in [-0.1, -0.05) is 13.8 Å². The van der Waals surface area contributed by atoms with E-state index in [2.05, 4.69) is 41.3 Å². The molecule has 2 aliphatic rings. The fraction of sp³-hybridized carbons (Fsp3) is 0.933. The van der Waals surface area contributed by atoms with Crippen LogP contribution in [0.25, 0.3) is 0 Å². The summed E-state index contributed by atoms with van der Waals surface area (Å²) in [5, 5.41) is 6.51. The quantitative estimate of drug-likeness (QED) is 0.744. The summed E-state index contributed by atoms with van der Waals surface area (Å²) in [5.74, 6) is 0.632. The molecular weight excluding hydrogens is 252 g/mol. The molecule has 0 aliphatic carbocycles. The maximum absolute atomic E-state index is 12.5. The van der Waals surface area contributed by atoms with Crippen LogP contribution >= 0.6 is 0 Å². The lowest BCUT2D eigenvalue weighted by Crippen LogP contribution is -2.50. The number of nitrogens with one attached hydrogen (secondary N) is 2. The van der Waals surface area contributed by atoms with Crippen molar-refractivity contribution in [2.75, 3.05) is 59.4 Å². The van der Waals surface area contributed by atoms with E-state index in [0.29, 0.717) is 5.92 Å². The predicted molar refractivity (Wildman–Crippen MR) is 81.7 cm³/mol. The van der Waals surface area contributed by atoms with Gasteiger partial charge in [0.2, 0.25) is 5.91 Å². The van der Waals surface area contributed by atoms with Gasteiger partial charge in [-0.15, -0.1) is 0 Å². The van der Waals surface area contributed by atoms with Crippen LogP contribution in [0.5, 0.6) is 0 Å². The van der Waals surface area contributed by atoms with Gasteiger partial charge in [-0.05, 0) is 25.9 Å². The Balaban J connectivity index is 1.74. The Bertz CT molecular complexity index is 318. The smallest absolute Gasteiger partial charge is 0.227 e. The summed E-state index contributed by atoms with van der Waals surface area (Å²) < 4.78 is 0. The van der Waals surface area contributed by atoms with Crippen LogP contribution in [0.4, 0.5) is 0 Å². The van der Waals surface area contributed by atoms with E-state index in [1.165, 1.54) is 0 Å².